The minimum absolute atomic E-state index is 0.129. The number of thiocarbonyl (C=S) groups is 1. The Balaban J connectivity index is 1.32. The molecule has 3 aromatic rings. The molecule has 35 heavy (non-hydrogen) atoms. The molecule has 5 nitrogen and oxygen atoms in total. The summed E-state index contributed by atoms with van der Waals surface area (Å²) in [5.74, 6) is -0.129. The standard InChI is InChI=1S/C28H31ClN4OS/c1-19-8-6-7-11-24(19)27(34)30-20-12-14-21(15-13-20)31-28(35)32-22-16-17-26(25(29)18-22)33(2)23-9-4-3-5-10-23/h6-8,11-18,23H,3-5,9-10H2,1-2H3,(H,30,34)(H2,31,32,35). The largest absolute Gasteiger partial charge is 0.370 e. The molecule has 1 saturated carbocycles. The van der Waals surface area contributed by atoms with Crippen LogP contribution in [0.2, 0.25) is 5.02 Å². The highest BCUT2D eigenvalue weighted by Crippen LogP contribution is 2.33. The van der Waals surface area contributed by atoms with E-state index < -0.39 is 0 Å². The normalized spacial score (nSPS) is 13.7. The first kappa shape index (κ1) is 25.0. The number of nitrogens with zero attached hydrogens (tertiary/aromatic N) is 1. The van der Waals surface area contributed by atoms with E-state index in [0.717, 1.165) is 22.6 Å². The number of hydrogen-bond donors (Lipinski definition) is 3. The number of hydrogen-bond acceptors (Lipinski definition) is 3. The maximum Gasteiger partial charge on any atom is 0.255 e. The molecular formula is C28H31ClN4OS. The summed E-state index contributed by atoms with van der Waals surface area (Å²) >= 11 is 12.1. The van der Waals surface area contributed by atoms with Crippen molar-refractivity contribution in [3.8, 4) is 0 Å². The van der Waals surface area contributed by atoms with Crippen molar-refractivity contribution in [2.24, 2.45) is 0 Å². The van der Waals surface area contributed by atoms with Crippen LogP contribution < -0.4 is 20.9 Å². The fraction of sp³-hybridized carbons (Fsp3) is 0.286. The summed E-state index contributed by atoms with van der Waals surface area (Å²) < 4.78 is 0. The lowest BCUT2D eigenvalue weighted by Gasteiger charge is -2.33. The van der Waals surface area contributed by atoms with Crippen LogP contribution in [-0.2, 0) is 0 Å². The number of benzene rings is 3. The number of nitrogens with one attached hydrogen (secondary N) is 3. The average molecular weight is 507 g/mol. The first-order valence-corrected chi connectivity index (χ1v) is 12.8. The van der Waals surface area contributed by atoms with Crippen molar-refractivity contribution in [1.82, 2.24) is 0 Å². The Labute approximate surface area is 217 Å². The number of halogens is 1. The Morgan fingerprint density at radius 3 is 2.14 bits per heavy atom. The molecule has 0 radical (unpaired) electrons. The second-order valence-corrected chi connectivity index (χ2v) is 9.81. The minimum atomic E-state index is -0.129. The molecule has 0 bridgehead atoms. The number of aryl methyl sites for hydroxylation is 1. The summed E-state index contributed by atoms with van der Waals surface area (Å²) in [7, 11) is 2.13. The molecule has 0 saturated heterocycles. The molecule has 0 unspecified atom stereocenters. The van der Waals surface area contributed by atoms with E-state index >= 15 is 0 Å². The third-order valence-electron chi connectivity index (χ3n) is 6.50. The van der Waals surface area contributed by atoms with Gasteiger partial charge in [0, 0.05) is 35.7 Å². The van der Waals surface area contributed by atoms with E-state index in [1.54, 1.807) is 0 Å². The summed E-state index contributed by atoms with van der Waals surface area (Å²) in [6.45, 7) is 1.92. The predicted molar refractivity (Wildman–Crippen MR) is 152 cm³/mol. The molecule has 1 aliphatic carbocycles. The predicted octanol–water partition coefficient (Wildman–Crippen LogP) is 7.48. The van der Waals surface area contributed by atoms with E-state index in [4.69, 9.17) is 23.8 Å². The Morgan fingerprint density at radius 2 is 1.49 bits per heavy atom. The lowest BCUT2D eigenvalue weighted by atomic mass is 9.94. The monoisotopic (exact) mass is 506 g/mol. The topological polar surface area (TPSA) is 56.4 Å². The van der Waals surface area contributed by atoms with Crippen molar-refractivity contribution < 1.29 is 4.79 Å². The first-order chi connectivity index (χ1) is 16.9. The second kappa shape index (κ2) is 11.6. The molecule has 1 fully saturated rings. The molecule has 0 aliphatic heterocycles. The second-order valence-electron chi connectivity index (χ2n) is 8.99. The van der Waals surface area contributed by atoms with Gasteiger partial charge in [0.05, 0.1) is 10.7 Å². The van der Waals surface area contributed by atoms with Crippen molar-refractivity contribution in [2.45, 2.75) is 45.1 Å². The highest BCUT2D eigenvalue weighted by Gasteiger charge is 2.20. The van der Waals surface area contributed by atoms with Crippen LogP contribution in [0.5, 0.6) is 0 Å². The van der Waals surface area contributed by atoms with Gasteiger partial charge >= 0.3 is 0 Å². The van der Waals surface area contributed by atoms with Gasteiger partial charge in [-0.25, -0.2) is 0 Å². The van der Waals surface area contributed by atoms with E-state index in [2.05, 4.69) is 27.9 Å². The van der Waals surface area contributed by atoms with Gasteiger partial charge in [-0.05, 0) is 86.1 Å². The van der Waals surface area contributed by atoms with Gasteiger partial charge < -0.3 is 20.9 Å². The van der Waals surface area contributed by atoms with E-state index in [1.165, 1.54) is 32.1 Å². The lowest BCUT2D eigenvalue weighted by Crippen LogP contribution is -2.33. The van der Waals surface area contributed by atoms with Gasteiger partial charge in [-0.1, -0.05) is 49.1 Å². The number of amides is 1. The van der Waals surface area contributed by atoms with Crippen molar-refractivity contribution in [1.29, 1.82) is 0 Å². The lowest BCUT2D eigenvalue weighted by molar-refractivity contribution is 0.102. The SMILES string of the molecule is Cc1ccccc1C(=O)Nc1ccc(NC(=S)Nc2ccc(N(C)C3CCCCC3)c(Cl)c2)cc1. The Morgan fingerprint density at radius 1 is 0.886 bits per heavy atom. The summed E-state index contributed by atoms with van der Waals surface area (Å²) in [5, 5.41) is 10.5. The number of rotatable bonds is 6. The van der Waals surface area contributed by atoms with Crippen LogP contribution in [-0.4, -0.2) is 24.1 Å². The van der Waals surface area contributed by atoms with Crippen LogP contribution in [0.4, 0.5) is 22.7 Å². The molecule has 182 valence electrons. The zero-order valence-corrected chi connectivity index (χ0v) is 21.7. The summed E-state index contributed by atoms with van der Waals surface area (Å²) in [5.41, 5.74) is 5.01. The summed E-state index contributed by atoms with van der Waals surface area (Å²) in [4.78, 5) is 14.8. The molecule has 1 amide bonds. The zero-order chi connectivity index (χ0) is 24.8. The van der Waals surface area contributed by atoms with Gasteiger partial charge in [0.2, 0.25) is 0 Å². The third-order valence-corrected chi connectivity index (χ3v) is 7.01. The minimum Gasteiger partial charge on any atom is -0.370 e. The number of anilines is 4. The number of carbonyl (C=O) groups excluding carboxylic acids is 1. The van der Waals surface area contributed by atoms with Crippen molar-refractivity contribution >= 4 is 57.6 Å². The van der Waals surface area contributed by atoms with Crippen molar-refractivity contribution in [2.75, 3.05) is 27.9 Å². The average Bonchev–Trinajstić information content (AvgIpc) is 2.85. The van der Waals surface area contributed by atoms with E-state index in [9.17, 15) is 4.79 Å². The van der Waals surface area contributed by atoms with Crippen LogP contribution in [0.1, 0.15) is 48.0 Å². The van der Waals surface area contributed by atoms with Gasteiger partial charge in [0.1, 0.15) is 0 Å². The third kappa shape index (κ3) is 6.53. The molecule has 0 heterocycles. The highest BCUT2D eigenvalue weighted by atomic mass is 35.5. The molecule has 1 aliphatic rings. The summed E-state index contributed by atoms with van der Waals surface area (Å²) in [6.07, 6.45) is 6.33. The van der Waals surface area contributed by atoms with Crippen LogP contribution >= 0.6 is 23.8 Å². The molecule has 3 aromatic carbocycles. The molecule has 4 rings (SSSR count). The zero-order valence-electron chi connectivity index (χ0n) is 20.1. The summed E-state index contributed by atoms with van der Waals surface area (Å²) in [6, 6.07) is 21.5. The van der Waals surface area contributed by atoms with Gasteiger partial charge in [-0.15, -0.1) is 0 Å². The molecule has 0 aromatic heterocycles. The molecule has 3 N–H and O–H groups in total. The molecule has 0 atom stereocenters. The van der Waals surface area contributed by atoms with Gasteiger partial charge in [-0.3, -0.25) is 4.79 Å². The fourth-order valence-electron chi connectivity index (χ4n) is 4.49. The van der Waals surface area contributed by atoms with Gasteiger partial charge in [0.25, 0.3) is 5.91 Å². The van der Waals surface area contributed by atoms with E-state index in [1.807, 2.05) is 73.7 Å². The van der Waals surface area contributed by atoms with Crippen LogP contribution in [0.25, 0.3) is 0 Å². The van der Waals surface area contributed by atoms with Crippen LogP contribution in [0, 0.1) is 6.92 Å². The Hall–Kier alpha value is -3.09. The van der Waals surface area contributed by atoms with E-state index in [0.29, 0.717) is 27.4 Å². The quantitative estimate of drug-likeness (QED) is 0.302. The highest BCUT2D eigenvalue weighted by molar-refractivity contribution is 7.80. The maximum absolute atomic E-state index is 12.5. The molecule has 7 heteroatoms. The van der Waals surface area contributed by atoms with Crippen LogP contribution in [0.3, 0.4) is 0 Å². The smallest absolute Gasteiger partial charge is 0.255 e. The fourth-order valence-corrected chi connectivity index (χ4v) is 5.04. The van der Waals surface area contributed by atoms with Gasteiger partial charge in [-0.2, -0.15) is 0 Å². The van der Waals surface area contributed by atoms with Crippen molar-refractivity contribution in [3.05, 3.63) is 82.9 Å². The van der Waals surface area contributed by atoms with Crippen molar-refractivity contribution in [3.63, 3.8) is 0 Å². The van der Waals surface area contributed by atoms with E-state index in [-0.39, 0.29) is 5.91 Å². The van der Waals surface area contributed by atoms with Crippen LogP contribution in [0.15, 0.2) is 66.7 Å². The van der Waals surface area contributed by atoms with Gasteiger partial charge in [0.15, 0.2) is 5.11 Å². The first-order valence-electron chi connectivity index (χ1n) is 12.0. The Kier molecular flexibility index (Phi) is 8.26. The molecule has 0 spiro atoms. The Bertz CT molecular complexity index is 1190. The maximum atomic E-state index is 12.5. The number of carbonyl (C=O) groups is 1. The molecular weight excluding hydrogens is 476 g/mol.